The number of benzene rings is 1. The summed E-state index contributed by atoms with van der Waals surface area (Å²) in [7, 11) is 1.28. The molecular weight excluding hydrogens is 276 g/mol. The summed E-state index contributed by atoms with van der Waals surface area (Å²) in [6, 6.07) is 4.17. The fourth-order valence-electron chi connectivity index (χ4n) is 1.88. The zero-order chi connectivity index (χ0) is 16.0. The van der Waals surface area contributed by atoms with Gasteiger partial charge in [0, 0.05) is 11.6 Å². The number of hydrogen-bond acceptors (Lipinski definition) is 6. The number of carbonyl (C=O) groups excluding carboxylic acids is 1. The molecular formula is C14H20N2O5. The average molecular weight is 296 g/mol. The van der Waals surface area contributed by atoms with Gasteiger partial charge in [-0.3, -0.25) is 20.2 Å². The Labute approximate surface area is 123 Å². The van der Waals surface area contributed by atoms with Gasteiger partial charge in [-0.05, 0) is 13.0 Å². The number of nitrogens with one attached hydrogen (secondary N) is 1. The average Bonchev–Trinajstić information content (AvgIpc) is 2.41. The molecule has 1 N–H and O–H groups in total. The predicted molar refractivity (Wildman–Crippen MR) is 77.4 cm³/mol. The SMILES string of the molecule is COC(=O)C(COc1cccc(C)c1[N+](=O)[O-])NC(C)C. The van der Waals surface area contributed by atoms with E-state index in [4.69, 9.17) is 4.74 Å². The van der Waals surface area contributed by atoms with Crippen LogP contribution in [0.1, 0.15) is 19.4 Å². The van der Waals surface area contributed by atoms with E-state index in [9.17, 15) is 14.9 Å². The summed E-state index contributed by atoms with van der Waals surface area (Å²) in [5, 5.41) is 14.1. The van der Waals surface area contributed by atoms with Crippen molar-refractivity contribution in [2.45, 2.75) is 32.9 Å². The Bertz CT molecular complexity index is 516. The lowest BCUT2D eigenvalue weighted by molar-refractivity contribution is -0.386. The van der Waals surface area contributed by atoms with Gasteiger partial charge >= 0.3 is 11.7 Å². The smallest absolute Gasteiger partial charge is 0.326 e. The van der Waals surface area contributed by atoms with Crippen LogP contribution in [0.15, 0.2) is 18.2 Å². The van der Waals surface area contributed by atoms with Crippen LogP contribution in [0.2, 0.25) is 0 Å². The van der Waals surface area contributed by atoms with Crippen molar-refractivity contribution in [1.82, 2.24) is 5.32 Å². The number of methoxy groups -OCH3 is 1. The van der Waals surface area contributed by atoms with E-state index in [1.807, 2.05) is 13.8 Å². The zero-order valence-corrected chi connectivity index (χ0v) is 12.6. The van der Waals surface area contributed by atoms with Crippen LogP contribution in [0, 0.1) is 17.0 Å². The molecule has 0 saturated heterocycles. The van der Waals surface area contributed by atoms with Crippen molar-refractivity contribution in [3.8, 4) is 5.75 Å². The molecule has 1 unspecified atom stereocenters. The van der Waals surface area contributed by atoms with Gasteiger partial charge in [0.05, 0.1) is 12.0 Å². The van der Waals surface area contributed by atoms with Gasteiger partial charge < -0.3 is 9.47 Å². The normalized spacial score (nSPS) is 12.0. The van der Waals surface area contributed by atoms with Crippen molar-refractivity contribution in [3.63, 3.8) is 0 Å². The second-order valence-corrected chi connectivity index (χ2v) is 4.89. The first-order valence-electron chi connectivity index (χ1n) is 6.57. The monoisotopic (exact) mass is 296 g/mol. The third kappa shape index (κ3) is 4.71. The third-order valence-corrected chi connectivity index (χ3v) is 2.81. The second kappa shape index (κ2) is 7.58. The molecule has 0 radical (unpaired) electrons. The maximum Gasteiger partial charge on any atom is 0.326 e. The lowest BCUT2D eigenvalue weighted by Crippen LogP contribution is -2.45. The van der Waals surface area contributed by atoms with Gasteiger partial charge in [0.2, 0.25) is 0 Å². The minimum absolute atomic E-state index is 0.0465. The summed E-state index contributed by atoms with van der Waals surface area (Å²) in [4.78, 5) is 22.2. The fraction of sp³-hybridized carbons (Fsp3) is 0.500. The first kappa shape index (κ1) is 16.9. The van der Waals surface area contributed by atoms with Crippen molar-refractivity contribution in [2.24, 2.45) is 0 Å². The highest BCUT2D eigenvalue weighted by atomic mass is 16.6. The Balaban J connectivity index is 2.87. The van der Waals surface area contributed by atoms with Crippen molar-refractivity contribution < 1.29 is 19.2 Å². The summed E-state index contributed by atoms with van der Waals surface area (Å²) in [6.45, 7) is 5.35. The summed E-state index contributed by atoms with van der Waals surface area (Å²) >= 11 is 0. The van der Waals surface area contributed by atoms with Gasteiger partial charge in [0.25, 0.3) is 0 Å². The van der Waals surface area contributed by atoms with E-state index >= 15 is 0 Å². The third-order valence-electron chi connectivity index (χ3n) is 2.81. The summed E-state index contributed by atoms with van der Waals surface area (Å²) < 4.78 is 10.1. The van der Waals surface area contributed by atoms with Crippen LogP contribution in [0.25, 0.3) is 0 Å². The Morgan fingerprint density at radius 2 is 2.10 bits per heavy atom. The van der Waals surface area contributed by atoms with Crippen molar-refractivity contribution in [3.05, 3.63) is 33.9 Å². The van der Waals surface area contributed by atoms with Gasteiger partial charge in [-0.25, -0.2) is 0 Å². The van der Waals surface area contributed by atoms with E-state index in [1.165, 1.54) is 13.2 Å². The number of nitro benzene ring substituents is 1. The molecule has 0 spiro atoms. The Morgan fingerprint density at radius 3 is 2.62 bits per heavy atom. The molecule has 0 fully saturated rings. The minimum atomic E-state index is -0.685. The van der Waals surface area contributed by atoms with Crippen molar-refractivity contribution >= 4 is 11.7 Å². The van der Waals surface area contributed by atoms with Gasteiger partial charge in [-0.15, -0.1) is 0 Å². The van der Waals surface area contributed by atoms with E-state index in [2.05, 4.69) is 10.1 Å². The van der Waals surface area contributed by atoms with Crippen molar-refractivity contribution in [2.75, 3.05) is 13.7 Å². The molecule has 21 heavy (non-hydrogen) atoms. The number of hydrogen-bond donors (Lipinski definition) is 1. The van der Waals surface area contributed by atoms with E-state index in [0.29, 0.717) is 5.56 Å². The number of ether oxygens (including phenoxy) is 2. The zero-order valence-electron chi connectivity index (χ0n) is 12.6. The quantitative estimate of drug-likeness (QED) is 0.469. The molecule has 7 nitrogen and oxygen atoms in total. The minimum Gasteiger partial charge on any atom is -0.485 e. The molecule has 7 heteroatoms. The topological polar surface area (TPSA) is 90.7 Å². The highest BCUT2D eigenvalue weighted by Crippen LogP contribution is 2.30. The Kier molecular flexibility index (Phi) is 6.10. The lowest BCUT2D eigenvalue weighted by atomic mass is 10.2. The maximum absolute atomic E-state index is 11.7. The maximum atomic E-state index is 11.7. The fourth-order valence-corrected chi connectivity index (χ4v) is 1.88. The molecule has 1 aromatic rings. The van der Waals surface area contributed by atoms with Crippen LogP contribution in [-0.4, -0.2) is 36.7 Å². The van der Waals surface area contributed by atoms with E-state index in [0.717, 1.165) is 0 Å². The summed E-state index contributed by atoms with van der Waals surface area (Å²) in [6.07, 6.45) is 0. The van der Waals surface area contributed by atoms with Gasteiger partial charge in [0.15, 0.2) is 5.75 Å². The number of rotatable bonds is 7. The van der Waals surface area contributed by atoms with E-state index < -0.39 is 16.9 Å². The highest BCUT2D eigenvalue weighted by molar-refractivity contribution is 5.75. The number of nitrogens with zero attached hydrogens (tertiary/aromatic N) is 1. The van der Waals surface area contributed by atoms with Crippen LogP contribution in [-0.2, 0) is 9.53 Å². The molecule has 0 aliphatic carbocycles. The molecule has 0 bridgehead atoms. The number of nitro groups is 1. The van der Waals surface area contributed by atoms with Gasteiger partial charge in [-0.1, -0.05) is 26.0 Å². The number of para-hydroxylation sites is 1. The number of esters is 1. The van der Waals surface area contributed by atoms with Crippen LogP contribution in [0.5, 0.6) is 5.75 Å². The predicted octanol–water partition coefficient (Wildman–Crippen LogP) is 1.82. The summed E-state index contributed by atoms with van der Waals surface area (Å²) in [5.41, 5.74) is 0.412. The number of carbonyl (C=O) groups is 1. The molecule has 0 saturated carbocycles. The Hall–Kier alpha value is -2.15. The molecule has 1 aromatic carbocycles. The lowest BCUT2D eigenvalue weighted by Gasteiger charge is -2.19. The largest absolute Gasteiger partial charge is 0.485 e. The molecule has 0 aliphatic heterocycles. The molecule has 1 rings (SSSR count). The first-order chi connectivity index (χ1) is 9.86. The highest BCUT2D eigenvalue weighted by Gasteiger charge is 2.24. The van der Waals surface area contributed by atoms with Crippen molar-refractivity contribution in [1.29, 1.82) is 0 Å². The van der Waals surface area contributed by atoms with Crippen LogP contribution in [0.3, 0.4) is 0 Å². The van der Waals surface area contributed by atoms with Crippen LogP contribution in [0.4, 0.5) is 5.69 Å². The first-order valence-corrected chi connectivity index (χ1v) is 6.57. The molecule has 1 atom stereocenters. The van der Waals surface area contributed by atoms with E-state index in [1.54, 1.807) is 19.1 Å². The molecule has 0 aromatic heterocycles. The standard InChI is InChI=1S/C14H20N2O5/c1-9(2)15-11(14(17)20-4)8-21-12-7-5-6-10(3)13(12)16(18)19/h5-7,9,11,15H,8H2,1-4H3. The van der Waals surface area contributed by atoms with Gasteiger partial charge in [-0.2, -0.15) is 0 Å². The molecule has 0 amide bonds. The molecule has 0 aliphatic rings. The summed E-state index contributed by atoms with van der Waals surface area (Å²) in [5.74, 6) is -0.335. The van der Waals surface area contributed by atoms with Gasteiger partial charge in [0.1, 0.15) is 12.6 Å². The second-order valence-electron chi connectivity index (χ2n) is 4.89. The van der Waals surface area contributed by atoms with E-state index in [-0.39, 0.29) is 24.1 Å². The van der Waals surface area contributed by atoms with Crippen LogP contribution < -0.4 is 10.1 Å². The Morgan fingerprint density at radius 1 is 1.43 bits per heavy atom. The molecule has 0 heterocycles. The molecule has 116 valence electrons. The number of aryl methyl sites for hydroxylation is 1. The van der Waals surface area contributed by atoms with Crippen LogP contribution >= 0.6 is 0 Å².